The summed E-state index contributed by atoms with van der Waals surface area (Å²) in [6.45, 7) is 0.496. The van der Waals surface area contributed by atoms with Crippen molar-refractivity contribution in [1.82, 2.24) is 0 Å². The second kappa shape index (κ2) is 4.61. The number of rotatable bonds is 4. The highest BCUT2D eigenvalue weighted by atomic mass is 16.4. The number of furan rings is 1. The van der Waals surface area contributed by atoms with Gasteiger partial charge < -0.3 is 20.6 Å². The third kappa shape index (κ3) is 2.57. The molecule has 17 heavy (non-hydrogen) atoms. The lowest BCUT2D eigenvalue weighted by atomic mass is 10.1. The average Bonchev–Trinajstić information content (AvgIpc) is 2.80. The molecule has 2 aromatic rings. The van der Waals surface area contributed by atoms with E-state index in [1.807, 2.05) is 6.07 Å². The minimum Gasteiger partial charge on any atom is -0.478 e. The van der Waals surface area contributed by atoms with Crippen LogP contribution in [-0.2, 0) is 6.54 Å². The zero-order valence-corrected chi connectivity index (χ0v) is 9.01. The molecular formula is C12H12N2O3. The van der Waals surface area contributed by atoms with E-state index < -0.39 is 5.97 Å². The van der Waals surface area contributed by atoms with E-state index in [9.17, 15) is 4.79 Å². The van der Waals surface area contributed by atoms with Gasteiger partial charge in [-0.3, -0.25) is 0 Å². The standard InChI is InChI=1S/C12H12N2O3/c13-11-4-3-8(6-10(11)12(15)16)14-7-9-2-1-5-17-9/h1-6,14H,7,13H2,(H,15,16). The number of carboxylic acids is 1. The van der Waals surface area contributed by atoms with Crippen molar-refractivity contribution in [3.63, 3.8) is 0 Å². The molecule has 0 aliphatic heterocycles. The first-order chi connectivity index (χ1) is 8.16. The molecule has 0 aliphatic rings. The van der Waals surface area contributed by atoms with Crippen LogP contribution in [-0.4, -0.2) is 11.1 Å². The lowest BCUT2D eigenvalue weighted by Gasteiger charge is -2.07. The van der Waals surface area contributed by atoms with Crippen molar-refractivity contribution in [2.45, 2.75) is 6.54 Å². The molecule has 0 atom stereocenters. The molecule has 1 aromatic carbocycles. The Kier molecular flexibility index (Phi) is 3.00. The van der Waals surface area contributed by atoms with E-state index in [-0.39, 0.29) is 11.3 Å². The zero-order valence-electron chi connectivity index (χ0n) is 9.01. The third-order valence-corrected chi connectivity index (χ3v) is 2.33. The number of carboxylic acid groups (broad SMARTS) is 1. The van der Waals surface area contributed by atoms with E-state index in [1.54, 1.807) is 24.5 Å². The topological polar surface area (TPSA) is 88.5 Å². The number of nitrogen functional groups attached to an aromatic ring is 1. The fourth-order valence-corrected chi connectivity index (χ4v) is 1.45. The second-order valence-corrected chi connectivity index (χ2v) is 3.54. The molecule has 0 radical (unpaired) electrons. The summed E-state index contributed by atoms with van der Waals surface area (Å²) < 4.78 is 5.15. The van der Waals surface area contributed by atoms with Crippen molar-refractivity contribution in [1.29, 1.82) is 0 Å². The molecule has 1 aromatic heterocycles. The molecule has 0 saturated heterocycles. The highest BCUT2D eigenvalue weighted by Gasteiger charge is 2.08. The zero-order chi connectivity index (χ0) is 12.3. The van der Waals surface area contributed by atoms with Gasteiger partial charge in [0.2, 0.25) is 0 Å². The number of benzene rings is 1. The van der Waals surface area contributed by atoms with E-state index in [0.717, 1.165) is 5.76 Å². The average molecular weight is 232 g/mol. The van der Waals surface area contributed by atoms with Gasteiger partial charge in [-0.1, -0.05) is 0 Å². The van der Waals surface area contributed by atoms with Crippen LogP contribution in [0.15, 0.2) is 41.0 Å². The number of nitrogens with one attached hydrogen (secondary N) is 1. The summed E-state index contributed by atoms with van der Waals surface area (Å²) in [4.78, 5) is 10.9. The second-order valence-electron chi connectivity index (χ2n) is 3.54. The fourth-order valence-electron chi connectivity index (χ4n) is 1.45. The quantitative estimate of drug-likeness (QED) is 0.703. The number of carbonyl (C=O) groups is 1. The summed E-state index contributed by atoms with van der Waals surface area (Å²) in [5.74, 6) is -0.261. The molecule has 0 aliphatic carbocycles. The van der Waals surface area contributed by atoms with Crippen molar-refractivity contribution in [2.75, 3.05) is 11.1 Å². The maximum Gasteiger partial charge on any atom is 0.337 e. The molecule has 5 nitrogen and oxygen atoms in total. The van der Waals surface area contributed by atoms with Crippen LogP contribution in [0.3, 0.4) is 0 Å². The van der Waals surface area contributed by atoms with E-state index in [0.29, 0.717) is 12.2 Å². The van der Waals surface area contributed by atoms with Gasteiger partial charge in [0.25, 0.3) is 0 Å². The molecule has 1 heterocycles. The minimum absolute atomic E-state index is 0.0921. The SMILES string of the molecule is Nc1ccc(NCc2ccco2)cc1C(=O)O. The fraction of sp³-hybridized carbons (Fsp3) is 0.0833. The summed E-state index contributed by atoms with van der Waals surface area (Å²) in [5, 5.41) is 12.0. The van der Waals surface area contributed by atoms with Gasteiger partial charge in [-0.15, -0.1) is 0 Å². The highest BCUT2D eigenvalue weighted by molar-refractivity contribution is 5.94. The Morgan fingerprint density at radius 1 is 1.41 bits per heavy atom. The summed E-state index contributed by atoms with van der Waals surface area (Å²) in [7, 11) is 0. The van der Waals surface area contributed by atoms with Crippen molar-refractivity contribution in [3.8, 4) is 0 Å². The molecule has 2 rings (SSSR count). The number of hydrogen-bond donors (Lipinski definition) is 3. The Morgan fingerprint density at radius 2 is 2.24 bits per heavy atom. The molecule has 5 heteroatoms. The molecule has 0 unspecified atom stereocenters. The van der Waals surface area contributed by atoms with Gasteiger partial charge in [-0.25, -0.2) is 4.79 Å². The Labute approximate surface area is 97.9 Å². The lowest BCUT2D eigenvalue weighted by Crippen LogP contribution is -2.04. The summed E-state index contributed by atoms with van der Waals surface area (Å²) >= 11 is 0. The molecule has 4 N–H and O–H groups in total. The summed E-state index contributed by atoms with van der Waals surface area (Å²) in [6.07, 6.45) is 1.59. The molecule has 88 valence electrons. The van der Waals surface area contributed by atoms with Crippen LogP contribution in [0.5, 0.6) is 0 Å². The van der Waals surface area contributed by atoms with Crippen LogP contribution >= 0.6 is 0 Å². The number of anilines is 2. The minimum atomic E-state index is -1.04. The Morgan fingerprint density at radius 3 is 2.88 bits per heavy atom. The Hall–Kier alpha value is -2.43. The first kappa shape index (κ1) is 11.1. The third-order valence-electron chi connectivity index (χ3n) is 2.33. The maximum absolute atomic E-state index is 10.9. The number of nitrogens with two attached hydrogens (primary N) is 1. The summed E-state index contributed by atoms with van der Waals surface area (Å²) in [6, 6.07) is 8.42. The van der Waals surface area contributed by atoms with Gasteiger partial charge in [0.15, 0.2) is 0 Å². The smallest absolute Gasteiger partial charge is 0.337 e. The maximum atomic E-state index is 10.9. The van der Waals surface area contributed by atoms with Crippen LogP contribution in [0.4, 0.5) is 11.4 Å². The first-order valence-corrected chi connectivity index (χ1v) is 5.06. The van der Waals surface area contributed by atoms with Crippen LogP contribution in [0.1, 0.15) is 16.1 Å². The van der Waals surface area contributed by atoms with Gasteiger partial charge in [-0.2, -0.15) is 0 Å². The molecule has 0 fully saturated rings. The normalized spacial score (nSPS) is 10.1. The van der Waals surface area contributed by atoms with Crippen LogP contribution < -0.4 is 11.1 Å². The Bertz CT molecular complexity index is 521. The van der Waals surface area contributed by atoms with Crippen molar-refractivity contribution in [2.24, 2.45) is 0 Å². The molecule has 0 amide bonds. The molecule has 0 spiro atoms. The lowest BCUT2D eigenvalue weighted by molar-refractivity contribution is 0.0698. The van der Waals surface area contributed by atoms with Crippen LogP contribution in [0.2, 0.25) is 0 Å². The monoisotopic (exact) mass is 232 g/mol. The summed E-state index contributed by atoms with van der Waals surface area (Å²) in [5.41, 5.74) is 6.59. The molecular weight excluding hydrogens is 220 g/mol. The van der Waals surface area contributed by atoms with Crippen molar-refractivity contribution in [3.05, 3.63) is 47.9 Å². The van der Waals surface area contributed by atoms with Crippen LogP contribution in [0, 0.1) is 0 Å². The van der Waals surface area contributed by atoms with Crippen molar-refractivity contribution < 1.29 is 14.3 Å². The van der Waals surface area contributed by atoms with Gasteiger partial charge in [0, 0.05) is 11.4 Å². The number of hydrogen-bond acceptors (Lipinski definition) is 4. The van der Waals surface area contributed by atoms with E-state index in [4.69, 9.17) is 15.3 Å². The van der Waals surface area contributed by atoms with Crippen LogP contribution in [0.25, 0.3) is 0 Å². The largest absolute Gasteiger partial charge is 0.478 e. The van der Waals surface area contributed by atoms with Gasteiger partial charge in [0.05, 0.1) is 18.4 Å². The molecule has 0 saturated carbocycles. The van der Waals surface area contributed by atoms with Crippen molar-refractivity contribution >= 4 is 17.3 Å². The predicted molar refractivity (Wildman–Crippen MR) is 63.8 cm³/mol. The molecule has 0 bridgehead atoms. The van der Waals surface area contributed by atoms with Gasteiger partial charge in [0.1, 0.15) is 5.76 Å². The van der Waals surface area contributed by atoms with E-state index >= 15 is 0 Å². The van der Waals surface area contributed by atoms with E-state index in [2.05, 4.69) is 5.32 Å². The van der Waals surface area contributed by atoms with Gasteiger partial charge >= 0.3 is 5.97 Å². The number of aromatic carboxylic acids is 1. The van der Waals surface area contributed by atoms with E-state index in [1.165, 1.54) is 6.07 Å². The highest BCUT2D eigenvalue weighted by Crippen LogP contribution is 2.18. The van der Waals surface area contributed by atoms with Gasteiger partial charge in [-0.05, 0) is 30.3 Å². The first-order valence-electron chi connectivity index (χ1n) is 5.06. The Balaban J connectivity index is 2.11. The predicted octanol–water partition coefficient (Wildman–Crippen LogP) is 2.17.